The zero-order valence-electron chi connectivity index (χ0n) is 16.2. The van der Waals surface area contributed by atoms with Crippen LogP contribution in [-0.4, -0.2) is 18.4 Å². The van der Waals surface area contributed by atoms with E-state index in [1.165, 1.54) is 0 Å². The molecule has 0 spiro atoms. The second kappa shape index (κ2) is 9.26. The van der Waals surface area contributed by atoms with Crippen molar-refractivity contribution < 1.29 is 14.3 Å². The molecule has 0 aliphatic heterocycles. The minimum absolute atomic E-state index is 0.152. The molecule has 2 N–H and O–H groups in total. The van der Waals surface area contributed by atoms with E-state index in [9.17, 15) is 9.59 Å². The Balaban J connectivity index is 1.54. The van der Waals surface area contributed by atoms with E-state index in [2.05, 4.69) is 10.6 Å². The highest BCUT2D eigenvalue weighted by molar-refractivity contribution is 6.30. The molecule has 3 aromatic rings. The monoisotopic (exact) mass is 408 g/mol. The quantitative estimate of drug-likeness (QED) is 0.587. The van der Waals surface area contributed by atoms with E-state index in [4.69, 9.17) is 16.3 Å². The largest absolute Gasteiger partial charge is 0.484 e. The Kier molecular flexibility index (Phi) is 6.52. The first-order chi connectivity index (χ1) is 13.9. The molecular weight excluding hydrogens is 388 g/mol. The van der Waals surface area contributed by atoms with Crippen LogP contribution < -0.4 is 15.4 Å². The number of benzene rings is 3. The highest BCUT2D eigenvalue weighted by Gasteiger charge is 2.09. The molecule has 0 saturated heterocycles. The predicted octanol–water partition coefficient (Wildman–Crippen LogP) is 5.23. The van der Waals surface area contributed by atoms with E-state index in [0.29, 0.717) is 22.0 Å². The Labute approximate surface area is 174 Å². The number of amides is 2. The molecule has 6 heteroatoms. The minimum Gasteiger partial charge on any atom is -0.484 e. The molecule has 0 aromatic heterocycles. The van der Waals surface area contributed by atoms with Gasteiger partial charge in [0, 0.05) is 22.0 Å². The zero-order valence-corrected chi connectivity index (χ0v) is 16.9. The van der Waals surface area contributed by atoms with E-state index < -0.39 is 0 Å². The molecule has 3 aromatic carbocycles. The summed E-state index contributed by atoms with van der Waals surface area (Å²) >= 11 is 5.89. The number of nitrogens with one attached hydrogen (secondary N) is 2. The number of ether oxygens (including phenoxy) is 1. The summed E-state index contributed by atoms with van der Waals surface area (Å²) in [5, 5.41) is 6.15. The first-order valence-electron chi connectivity index (χ1n) is 9.07. The summed E-state index contributed by atoms with van der Waals surface area (Å²) in [4.78, 5) is 24.4. The maximum Gasteiger partial charge on any atom is 0.262 e. The number of aryl methyl sites for hydroxylation is 2. The molecule has 3 rings (SSSR count). The summed E-state index contributed by atoms with van der Waals surface area (Å²) in [7, 11) is 0. The van der Waals surface area contributed by atoms with Crippen molar-refractivity contribution in [1.29, 1.82) is 0 Å². The number of halogens is 1. The lowest BCUT2D eigenvalue weighted by molar-refractivity contribution is -0.118. The fourth-order valence-electron chi connectivity index (χ4n) is 2.76. The summed E-state index contributed by atoms with van der Waals surface area (Å²) in [6.45, 7) is 3.81. The maximum atomic E-state index is 12.4. The predicted molar refractivity (Wildman–Crippen MR) is 116 cm³/mol. The Morgan fingerprint density at radius 3 is 2.38 bits per heavy atom. The molecule has 148 valence electrons. The van der Waals surface area contributed by atoms with Gasteiger partial charge in [-0.3, -0.25) is 9.59 Å². The SMILES string of the molecule is Cc1ccc(NC(=O)c2ccc(OCC(=O)Nc3cccc(Cl)c3)cc2)c(C)c1. The van der Waals surface area contributed by atoms with E-state index in [0.717, 1.165) is 16.8 Å². The van der Waals surface area contributed by atoms with Gasteiger partial charge < -0.3 is 15.4 Å². The summed E-state index contributed by atoms with van der Waals surface area (Å²) in [6, 6.07) is 19.4. The average molecular weight is 409 g/mol. The highest BCUT2D eigenvalue weighted by atomic mass is 35.5. The van der Waals surface area contributed by atoms with Gasteiger partial charge in [0.2, 0.25) is 0 Å². The highest BCUT2D eigenvalue weighted by Crippen LogP contribution is 2.19. The molecular formula is C23H21ClN2O3. The number of hydrogen-bond donors (Lipinski definition) is 2. The number of hydrogen-bond acceptors (Lipinski definition) is 3. The summed E-state index contributed by atoms with van der Waals surface area (Å²) in [5.74, 6) is -0.0135. The van der Waals surface area contributed by atoms with Crippen LogP contribution in [0, 0.1) is 13.8 Å². The number of rotatable bonds is 6. The van der Waals surface area contributed by atoms with E-state index >= 15 is 0 Å². The van der Waals surface area contributed by atoms with Crippen molar-refractivity contribution in [3.8, 4) is 5.75 Å². The van der Waals surface area contributed by atoms with Gasteiger partial charge in [-0.1, -0.05) is 35.4 Å². The molecule has 0 heterocycles. The van der Waals surface area contributed by atoms with Crippen molar-refractivity contribution >= 4 is 34.8 Å². The molecule has 2 amide bonds. The van der Waals surface area contributed by atoms with Gasteiger partial charge in [-0.05, 0) is 67.9 Å². The third-order valence-electron chi connectivity index (χ3n) is 4.22. The van der Waals surface area contributed by atoms with Gasteiger partial charge >= 0.3 is 0 Å². The number of anilines is 2. The number of carbonyl (C=O) groups excluding carboxylic acids is 2. The van der Waals surface area contributed by atoms with Crippen LogP contribution in [0.15, 0.2) is 66.7 Å². The standard InChI is InChI=1S/C23H21ClN2O3/c1-15-6-11-21(16(2)12-15)26-23(28)17-7-9-20(10-8-17)29-14-22(27)25-19-5-3-4-18(24)13-19/h3-13H,14H2,1-2H3,(H,25,27)(H,26,28). The van der Waals surface area contributed by atoms with Gasteiger partial charge in [0.15, 0.2) is 6.61 Å². The van der Waals surface area contributed by atoms with Crippen LogP contribution >= 0.6 is 11.6 Å². The maximum absolute atomic E-state index is 12.4. The third kappa shape index (κ3) is 5.83. The van der Waals surface area contributed by atoms with Crippen molar-refractivity contribution in [2.75, 3.05) is 17.2 Å². The summed E-state index contributed by atoms with van der Waals surface area (Å²) in [5.41, 5.74) is 4.02. The van der Waals surface area contributed by atoms with Crippen LogP contribution in [0.3, 0.4) is 0 Å². The molecule has 0 radical (unpaired) electrons. The molecule has 0 aliphatic rings. The Morgan fingerprint density at radius 2 is 1.69 bits per heavy atom. The van der Waals surface area contributed by atoms with Crippen molar-refractivity contribution in [3.05, 3.63) is 88.4 Å². The molecule has 29 heavy (non-hydrogen) atoms. The molecule has 0 unspecified atom stereocenters. The molecule has 0 fully saturated rings. The number of carbonyl (C=O) groups is 2. The molecule has 5 nitrogen and oxygen atoms in total. The second-order valence-electron chi connectivity index (χ2n) is 6.64. The van der Waals surface area contributed by atoms with Crippen LogP contribution in [0.4, 0.5) is 11.4 Å². The fourth-order valence-corrected chi connectivity index (χ4v) is 2.95. The van der Waals surface area contributed by atoms with Crippen LogP contribution in [0.2, 0.25) is 5.02 Å². The van der Waals surface area contributed by atoms with Crippen molar-refractivity contribution in [3.63, 3.8) is 0 Å². The minimum atomic E-state index is -0.302. The Morgan fingerprint density at radius 1 is 0.931 bits per heavy atom. The topological polar surface area (TPSA) is 67.4 Å². The van der Waals surface area contributed by atoms with Gasteiger partial charge in [-0.2, -0.15) is 0 Å². The normalized spacial score (nSPS) is 10.3. The van der Waals surface area contributed by atoms with Gasteiger partial charge in [0.05, 0.1) is 0 Å². The molecule has 0 atom stereocenters. The van der Waals surface area contributed by atoms with Crippen LogP contribution in [0.1, 0.15) is 21.5 Å². The molecule has 0 bridgehead atoms. The van der Waals surface area contributed by atoms with Gasteiger partial charge in [0.1, 0.15) is 5.75 Å². The lowest BCUT2D eigenvalue weighted by Crippen LogP contribution is -2.20. The van der Waals surface area contributed by atoms with E-state index in [-0.39, 0.29) is 18.4 Å². The van der Waals surface area contributed by atoms with Gasteiger partial charge in [-0.15, -0.1) is 0 Å². The average Bonchev–Trinajstić information content (AvgIpc) is 2.69. The van der Waals surface area contributed by atoms with Crippen molar-refractivity contribution in [2.24, 2.45) is 0 Å². The van der Waals surface area contributed by atoms with Gasteiger partial charge in [0.25, 0.3) is 11.8 Å². The smallest absolute Gasteiger partial charge is 0.262 e. The lowest BCUT2D eigenvalue weighted by atomic mass is 10.1. The summed E-state index contributed by atoms with van der Waals surface area (Å²) < 4.78 is 5.48. The first kappa shape index (κ1) is 20.4. The van der Waals surface area contributed by atoms with Crippen LogP contribution in [0.25, 0.3) is 0 Å². The fraction of sp³-hybridized carbons (Fsp3) is 0.130. The first-order valence-corrected chi connectivity index (χ1v) is 9.45. The lowest BCUT2D eigenvalue weighted by Gasteiger charge is -2.10. The van der Waals surface area contributed by atoms with Crippen LogP contribution in [0.5, 0.6) is 5.75 Å². The Bertz CT molecular complexity index is 1030. The Hall–Kier alpha value is -3.31. The van der Waals surface area contributed by atoms with E-state index in [1.54, 1.807) is 48.5 Å². The molecule has 0 aliphatic carbocycles. The van der Waals surface area contributed by atoms with Gasteiger partial charge in [-0.25, -0.2) is 0 Å². The summed E-state index contributed by atoms with van der Waals surface area (Å²) in [6.07, 6.45) is 0. The van der Waals surface area contributed by atoms with Crippen LogP contribution in [-0.2, 0) is 4.79 Å². The second-order valence-corrected chi connectivity index (χ2v) is 7.08. The third-order valence-corrected chi connectivity index (χ3v) is 4.46. The molecule has 0 saturated carbocycles. The van der Waals surface area contributed by atoms with Crippen molar-refractivity contribution in [2.45, 2.75) is 13.8 Å². The van der Waals surface area contributed by atoms with E-state index in [1.807, 2.05) is 32.0 Å². The van der Waals surface area contributed by atoms with Crippen molar-refractivity contribution in [1.82, 2.24) is 0 Å². The zero-order chi connectivity index (χ0) is 20.8.